The van der Waals surface area contributed by atoms with Gasteiger partial charge in [0.1, 0.15) is 0 Å². The Labute approximate surface area is 270 Å². The van der Waals surface area contributed by atoms with Crippen LogP contribution in [0, 0.1) is 0 Å². The number of benzene rings is 2. The van der Waals surface area contributed by atoms with Gasteiger partial charge in [-0.25, -0.2) is 0 Å². The summed E-state index contributed by atoms with van der Waals surface area (Å²) in [5, 5.41) is 2.76. The van der Waals surface area contributed by atoms with Gasteiger partial charge in [-0.15, -0.1) is 0 Å². The van der Waals surface area contributed by atoms with E-state index in [0.29, 0.717) is 0 Å². The van der Waals surface area contributed by atoms with Crippen molar-refractivity contribution in [2.24, 2.45) is 0 Å². The topological polar surface area (TPSA) is 0 Å². The Morgan fingerprint density at radius 3 is 0.732 bits per heavy atom. The van der Waals surface area contributed by atoms with Gasteiger partial charge in [0.05, 0.1) is 0 Å². The van der Waals surface area contributed by atoms with E-state index in [0.717, 1.165) is 0 Å². The predicted octanol–water partition coefficient (Wildman–Crippen LogP) is 11.9. The molecule has 0 N–H and O–H groups in total. The number of hydrogen-bond donors (Lipinski definition) is 0. The molecule has 0 saturated carbocycles. The Morgan fingerprint density at radius 1 is 0.390 bits per heavy atom. The van der Waals surface area contributed by atoms with Gasteiger partial charge in [0.15, 0.2) is 34.2 Å². The second-order valence-corrected chi connectivity index (χ2v) is 27.8. The van der Waals surface area contributed by atoms with Crippen LogP contribution < -0.4 is 10.6 Å². The van der Waals surface area contributed by atoms with E-state index in [-0.39, 0.29) is 32.5 Å². The van der Waals surface area contributed by atoms with Gasteiger partial charge < -0.3 is 0 Å². The van der Waals surface area contributed by atoms with Crippen LogP contribution in [0.3, 0.4) is 0 Å². The fourth-order valence-corrected chi connectivity index (χ4v) is 18.3. The largest absolute Gasteiger partial charge is 0.355 e. The SMILES string of the molecule is CC(C)(C)c1cc(C(C)(C)C)c([P+](=S)S[P+](=S)c2c(C(C)(C)C)cc(C(C)(C)C)cc2C(C)(C)C)c(C(C)(C)C)c1. The maximum absolute atomic E-state index is 6.57. The van der Waals surface area contributed by atoms with Crippen molar-refractivity contribution in [3.63, 3.8) is 0 Å². The number of hydrogen-bond acceptors (Lipinski definition) is 3. The molecule has 5 heteroatoms. The lowest BCUT2D eigenvalue weighted by Gasteiger charge is -2.30. The Hall–Kier alpha value is -0.170. The third-order valence-corrected chi connectivity index (χ3v) is 19.0. The smallest absolute Gasteiger partial charge is 0.0561 e. The van der Waals surface area contributed by atoms with Crippen LogP contribution in [-0.4, -0.2) is 0 Å². The summed E-state index contributed by atoms with van der Waals surface area (Å²) in [5.41, 5.74) is 8.47. The van der Waals surface area contributed by atoms with Crippen molar-refractivity contribution in [2.75, 3.05) is 0 Å². The molecule has 2 aromatic rings. The molecular weight excluding hydrogens is 591 g/mol. The van der Waals surface area contributed by atoms with Gasteiger partial charge in [-0.2, -0.15) is 0 Å². The van der Waals surface area contributed by atoms with Crippen molar-refractivity contribution in [3.05, 3.63) is 57.6 Å². The van der Waals surface area contributed by atoms with E-state index in [2.05, 4.69) is 149 Å². The summed E-state index contributed by atoms with van der Waals surface area (Å²) < 4.78 is 0. The first-order valence-corrected chi connectivity index (χ1v) is 21.7. The number of rotatable bonds is 4. The second kappa shape index (κ2) is 12.0. The van der Waals surface area contributed by atoms with Crippen molar-refractivity contribution < 1.29 is 0 Å². The molecule has 0 fully saturated rings. The van der Waals surface area contributed by atoms with Gasteiger partial charge in [0, 0.05) is 22.3 Å². The standard InChI is InChI=1S/C36H58P2S3/c1-31(2,3)23-19-25(33(7,8)9)29(26(20-23)34(10,11)12)37(39)41-38(40)30-27(35(13,14)15)21-24(32(4,5)6)22-28(30)36(16,17)18/h19-22H,1-18H3/q+2. The molecule has 2 unspecified atom stereocenters. The van der Waals surface area contributed by atoms with E-state index in [1.54, 1.807) is 0 Å². The molecule has 0 amide bonds. The Bertz CT molecular complexity index is 1150. The molecule has 2 atom stereocenters. The lowest BCUT2D eigenvalue weighted by atomic mass is 9.75. The van der Waals surface area contributed by atoms with E-state index in [9.17, 15) is 0 Å². The Morgan fingerprint density at radius 2 is 0.585 bits per heavy atom. The summed E-state index contributed by atoms with van der Waals surface area (Å²) in [6, 6.07) is 9.82. The molecule has 0 spiro atoms. The zero-order chi connectivity index (χ0) is 32.3. The zero-order valence-electron chi connectivity index (χ0n) is 29.4. The highest BCUT2D eigenvalue weighted by Crippen LogP contribution is 2.59. The van der Waals surface area contributed by atoms with Gasteiger partial charge in [0.2, 0.25) is 0 Å². The molecule has 0 aliphatic carbocycles. The predicted molar refractivity (Wildman–Crippen MR) is 201 cm³/mol. The van der Waals surface area contributed by atoms with Gasteiger partial charge >= 0.3 is 22.8 Å². The quantitative estimate of drug-likeness (QED) is 0.303. The van der Waals surface area contributed by atoms with Crippen LogP contribution in [0.4, 0.5) is 0 Å². The molecule has 0 aliphatic heterocycles. The van der Waals surface area contributed by atoms with Gasteiger partial charge in [-0.1, -0.05) is 149 Å². The summed E-state index contributed by atoms with van der Waals surface area (Å²) in [6.45, 7) is 42.0. The summed E-state index contributed by atoms with van der Waals surface area (Å²) in [7, 11) is 0. The van der Waals surface area contributed by atoms with E-state index < -0.39 is 11.8 Å². The van der Waals surface area contributed by atoms with Crippen molar-refractivity contribution in [2.45, 2.75) is 157 Å². The highest BCUT2D eigenvalue weighted by atomic mass is 33.2. The Balaban J connectivity index is 2.91. The molecule has 0 saturated heterocycles. The second-order valence-electron chi connectivity index (χ2n) is 17.9. The third kappa shape index (κ3) is 8.94. The molecule has 0 aliphatic rings. The van der Waals surface area contributed by atoms with Crippen molar-refractivity contribution in [3.8, 4) is 0 Å². The average Bonchev–Trinajstić information content (AvgIpc) is 2.73. The van der Waals surface area contributed by atoms with Crippen molar-refractivity contribution in [1.82, 2.24) is 0 Å². The van der Waals surface area contributed by atoms with Crippen LogP contribution in [0.1, 0.15) is 158 Å². The highest BCUT2D eigenvalue weighted by Gasteiger charge is 2.45. The van der Waals surface area contributed by atoms with Crippen LogP contribution in [0.25, 0.3) is 0 Å². The van der Waals surface area contributed by atoms with Crippen molar-refractivity contribution >= 4 is 57.0 Å². The molecule has 0 heterocycles. The molecule has 0 aromatic heterocycles. The maximum Gasteiger partial charge on any atom is 0.355 e. The highest BCUT2D eigenvalue weighted by molar-refractivity contribution is 8.94. The van der Waals surface area contributed by atoms with E-state index >= 15 is 0 Å². The van der Waals surface area contributed by atoms with Crippen molar-refractivity contribution in [1.29, 1.82) is 0 Å². The van der Waals surface area contributed by atoms with Gasteiger partial charge in [-0.05, 0) is 43.6 Å². The lowest BCUT2D eigenvalue weighted by molar-refractivity contribution is 0.553. The van der Waals surface area contributed by atoms with Crippen LogP contribution in [0.2, 0.25) is 0 Å². The molecule has 0 bridgehead atoms. The fourth-order valence-electron chi connectivity index (χ4n) is 4.96. The van der Waals surface area contributed by atoms with E-state index in [4.69, 9.17) is 23.6 Å². The molecule has 2 rings (SSSR count). The van der Waals surface area contributed by atoms with E-state index in [1.807, 2.05) is 11.0 Å². The van der Waals surface area contributed by atoms with Crippen LogP contribution >= 0.6 is 22.8 Å². The zero-order valence-corrected chi connectivity index (χ0v) is 33.7. The first-order chi connectivity index (χ1) is 18.0. The molecule has 0 nitrogen and oxygen atoms in total. The minimum atomic E-state index is -0.959. The summed E-state index contributed by atoms with van der Waals surface area (Å²) in [6.07, 6.45) is 0. The minimum Gasteiger partial charge on any atom is -0.0561 e. The van der Waals surface area contributed by atoms with E-state index in [1.165, 1.54) is 44.0 Å². The lowest BCUT2D eigenvalue weighted by Crippen LogP contribution is -2.31. The molecule has 228 valence electrons. The third-order valence-electron chi connectivity index (χ3n) is 7.70. The fraction of sp³-hybridized carbons (Fsp3) is 0.667. The van der Waals surface area contributed by atoms with Gasteiger partial charge in [0.25, 0.3) is 0 Å². The van der Waals surface area contributed by atoms with Crippen LogP contribution in [-0.2, 0) is 56.1 Å². The monoisotopic (exact) mass is 648 g/mol. The molecule has 0 radical (unpaired) electrons. The first kappa shape index (κ1) is 37.0. The van der Waals surface area contributed by atoms with Crippen LogP contribution in [0.15, 0.2) is 24.3 Å². The maximum atomic E-state index is 6.57. The van der Waals surface area contributed by atoms with Crippen LogP contribution in [0.5, 0.6) is 0 Å². The molecule has 2 aromatic carbocycles. The van der Waals surface area contributed by atoms with Gasteiger partial charge in [-0.3, -0.25) is 0 Å². The summed E-state index contributed by atoms with van der Waals surface area (Å²) in [4.78, 5) is 0. The summed E-state index contributed by atoms with van der Waals surface area (Å²) in [5.74, 6) is -1.92. The normalized spacial score (nSPS) is 14.8. The molecular formula is C36H58P2S3+2. The molecule has 41 heavy (non-hydrogen) atoms. The Kier molecular flexibility index (Phi) is 10.8. The average molecular weight is 649 g/mol. The first-order valence-electron chi connectivity index (χ1n) is 15.0. The minimum absolute atomic E-state index is 0.0117. The summed E-state index contributed by atoms with van der Waals surface area (Å²) >= 11 is 15.0.